The Bertz CT molecular complexity index is 1180. The first-order chi connectivity index (χ1) is 17.4. The van der Waals surface area contributed by atoms with E-state index >= 15 is 0 Å². The molecule has 0 aliphatic carbocycles. The van der Waals surface area contributed by atoms with Crippen molar-refractivity contribution in [2.45, 2.75) is 37.9 Å². The lowest BCUT2D eigenvalue weighted by Crippen LogP contribution is -2.44. The monoisotopic (exact) mass is 493 g/mol. The number of rotatable bonds is 5. The largest absolute Gasteiger partial charge is 0.416 e. The van der Waals surface area contributed by atoms with Crippen LogP contribution in [0.15, 0.2) is 72.8 Å². The Balaban J connectivity index is 1.32. The van der Waals surface area contributed by atoms with Crippen molar-refractivity contribution in [2.24, 2.45) is 0 Å². The molecule has 0 saturated carbocycles. The molecule has 4 nitrogen and oxygen atoms in total. The van der Waals surface area contributed by atoms with E-state index in [1.165, 1.54) is 18.9 Å². The van der Waals surface area contributed by atoms with E-state index < -0.39 is 17.6 Å². The van der Waals surface area contributed by atoms with E-state index in [1.807, 2.05) is 47.4 Å². The van der Waals surface area contributed by atoms with E-state index in [9.17, 15) is 18.0 Å². The van der Waals surface area contributed by atoms with Crippen molar-refractivity contribution >= 4 is 17.3 Å². The smallest absolute Gasteiger partial charge is 0.371 e. The Morgan fingerprint density at radius 2 is 1.44 bits per heavy atom. The summed E-state index contributed by atoms with van der Waals surface area (Å²) in [5.41, 5.74) is 2.23. The van der Waals surface area contributed by atoms with E-state index in [2.05, 4.69) is 10.2 Å². The molecule has 2 aliphatic rings. The zero-order chi connectivity index (χ0) is 25.1. The summed E-state index contributed by atoms with van der Waals surface area (Å²) in [6, 6.07) is 21.3. The zero-order valence-electron chi connectivity index (χ0n) is 20.1. The summed E-state index contributed by atoms with van der Waals surface area (Å²) in [4.78, 5) is 17.5. The minimum absolute atomic E-state index is 0.00799. The second-order valence-electron chi connectivity index (χ2n) is 9.63. The lowest BCUT2D eigenvalue weighted by Gasteiger charge is -2.38. The number of likely N-dealkylation sites (tertiary alicyclic amines) is 1. The molecule has 0 radical (unpaired) electrons. The van der Waals surface area contributed by atoms with Gasteiger partial charge in [-0.05, 0) is 80.2 Å². The maximum Gasteiger partial charge on any atom is 0.416 e. The summed E-state index contributed by atoms with van der Waals surface area (Å²) >= 11 is 0. The van der Waals surface area contributed by atoms with Crippen molar-refractivity contribution in [3.8, 4) is 11.1 Å². The van der Waals surface area contributed by atoms with Gasteiger partial charge in [-0.15, -0.1) is 0 Å². The lowest BCUT2D eigenvalue weighted by atomic mass is 10.0. The summed E-state index contributed by atoms with van der Waals surface area (Å²) in [7, 11) is 0. The number of carbonyl (C=O) groups excluding carboxylic acids is 1. The van der Waals surface area contributed by atoms with Gasteiger partial charge in [-0.1, -0.05) is 42.5 Å². The highest BCUT2D eigenvalue weighted by Crippen LogP contribution is 2.34. The Kier molecular flexibility index (Phi) is 7.01. The number of alkyl halides is 3. The number of halogens is 3. The number of anilines is 2. The minimum Gasteiger partial charge on any atom is -0.371 e. The molecule has 7 heteroatoms. The van der Waals surface area contributed by atoms with E-state index in [0.717, 1.165) is 43.1 Å². The fourth-order valence-electron chi connectivity index (χ4n) is 5.26. The van der Waals surface area contributed by atoms with Gasteiger partial charge in [-0.2, -0.15) is 13.2 Å². The van der Waals surface area contributed by atoms with Gasteiger partial charge in [0.25, 0.3) is 5.91 Å². The summed E-state index contributed by atoms with van der Waals surface area (Å²) in [6.45, 7) is 3.60. The van der Waals surface area contributed by atoms with Crippen molar-refractivity contribution in [2.75, 3.05) is 36.4 Å². The maximum atomic E-state index is 13.7. The van der Waals surface area contributed by atoms with Gasteiger partial charge in [0.15, 0.2) is 0 Å². The van der Waals surface area contributed by atoms with E-state index in [1.54, 1.807) is 18.2 Å². The Labute approximate surface area is 209 Å². The highest BCUT2D eigenvalue weighted by molar-refractivity contribution is 6.05. The fraction of sp³-hybridized carbons (Fsp3) is 0.345. The number of carbonyl (C=O) groups is 1. The molecule has 2 fully saturated rings. The van der Waals surface area contributed by atoms with Crippen molar-refractivity contribution < 1.29 is 18.0 Å². The van der Waals surface area contributed by atoms with Crippen LogP contribution >= 0.6 is 0 Å². The lowest BCUT2D eigenvalue weighted by molar-refractivity contribution is -0.137. The minimum atomic E-state index is -4.53. The maximum absolute atomic E-state index is 13.7. The SMILES string of the molecule is O=C(Nc1ccc(-c2ccccc2)cc1)c1cc(N2CCC(N3CCCC3)CC2)cc(C(F)(F)F)c1. The molecular formula is C29H30F3N3O. The van der Waals surface area contributed by atoms with E-state index in [-0.39, 0.29) is 5.56 Å². The second kappa shape index (κ2) is 10.3. The van der Waals surface area contributed by atoms with Gasteiger partial charge in [-0.25, -0.2) is 0 Å². The quantitative estimate of drug-likeness (QED) is 0.430. The summed E-state index contributed by atoms with van der Waals surface area (Å²) in [6.07, 6.45) is -0.240. The molecule has 0 unspecified atom stereocenters. The molecule has 3 aromatic carbocycles. The van der Waals surface area contributed by atoms with Gasteiger partial charge in [0.05, 0.1) is 5.56 Å². The highest BCUT2D eigenvalue weighted by Gasteiger charge is 2.33. The number of amides is 1. The van der Waals surface area contributed by atoms with Gasteiger partial charge in [0, 0.05) is 36.1 Å². The van der Waals surface area contributed by atoms with Crippen LogP contribution in [0.3, 0.4) is 0 Å². The third-order valence-electron chi connectivity index (χ3n) is 7.24. The zero-order valence-corrected chi connectivity index (χ0v) is 20.1. The number of piperidine rings is 1. The molecule has 0 aromatic heterocycles. The third kappa shape index (κ3) is 5.57. The van der Waals surface area contributed by atoms with Gasteiger partial charge in [0.2, 0.25) is 0 Å². The predicted octanol–water partition coefficient (Wildman–Crippen LogP) is 6.69. The summed E-state index contributed by atoms with van der Waals surface area (Å²) in [5.74, 6) is -0.554. The topological polar surface area (TPSA) is 35.6 Å². The van der Waals surface area contributed by atoms with Crippen molar-refractivity contribution in [1.29, 1.82) is 0 Å². The van der Waals surface area contributed by atoms with Gasteiger partial charge >= 0.3 is 6.18 Å². The van der Waals surface area contributed by atoms with Crippen molar-refractivity contribution in [3.05, 3.63) is 83.9 Å². The fourth-order valence-corrected chi connectivity index (χ4v) is 5.26. The van der Waals surface area contributed by atoms with Crippen LogP contribution < -0.4 is 10.2 Å². The van der Waals surface area contributed by atoms with Gasteiger partial charge in [0.1, 0.15) is 0 Å². The number of nitrogens with zero attached hydrogens (tertiary/aromatic N) is 2. The first kappa shape index (κ1) is 24.4. The molecule has 1 amide bonds. The molecule has 36 heavy (non-hydrogen) atoms. The van der Waals surface area contributed by atoms with E-state index in [4.69, 9.17) is 0 Å². The second-order valence-corrected chi connectivity index (χ2v) is 9.63. The van der Waals surface area contributed by atoms with Crippen LogP contribution in [-0.2, 0) is 6.18 Å². The average molecular weight is 494 g/mol. The molecule has 3 aromatic rings. The Morgan fingerprint density at radius 1 is 0.806 bits per heavy atom. The number of hydrogen-bond donors (Lipinski definition) is 1. The number of nitrogens with one attached hydrogen (secondary N) is 1. The standard InChI is InChI=1S/C29H30F3N3O/c30-29(31,32)24-18-23(19-27(20-24)35-16-12-26(13-17-35)34-14-4-5-15-34)28(36)33-25-10-8-22(9-11-25)21-6-2-1-3-7-21/h1-3,6-11,18-20,26H,4-5,12-17H2,(H,33,36). The molecule has 1 N–H and O–H groups in total. The van der Waals surface area contributed by atoms with Crippen LogP contribution in [0.5, 0.6) is 0 Å². The molecule has 2 aliphatic heterocycles. The van der Waals surface area contributed by atoms with Crippen LogP contribution in [0.4, 0.5) is 24.5 Å². The van der Waals surface area contributed by atoms with Crippen LogP contribution in [-0.4, -0.2) is 43.0 Å². The normalized spacial score (nSPS) is 17.4. The Morgan fingerprint density at radius 3 is 2.08 bits per heavy atom. The molecular weight excluding hydrogens is 463 g/mol. The summed E-state index contributed by atoms with van der Waals surface area (Å²) in [5, 5.41) is 2.76. The first-order valence-electron chi connectivity index (χ1n) is 12.5. The molecule has 2 heterocycles. The third-order valence-corrected chi connectivity index (χ3v) is 7.24. The van der Waals surface area contributed by atoms with Crippen LogP contribution in [0.1, 0.15) is 41.6 Å². The van der Waals surface area contributed by atoms with Crippen molar-refractivity contribution in [3.63, 3.8) is 0 Å². The van der Waals surface area contributed by atoms with Crippen LogP contribution in [0, 0.1) is 0 Å². The number of hydrogen-bond acceptors (Lipinski definition) is 3. The van der Waals surface area contributed by atoms with Gasteiger partial charge < -0.3 is 15.1 Å². The average Bonchev–Trinajstić information content (AvgIpc) is 3.44. The molecule has 0 bridgehead atoms. The van der Waals surface area contributed by atoms with Crippen molar-refractivity contribution in [1.82, 2.24) is 4.90 Å². The van der Waals surface area contributed by atoms with Gasteiger partial charge in [-0.3, -0.25) is 4.79 Å². The van der Waals surface area contributed by atoms with Crippen LogP contribution in [0.2, 0.25) is 0 Å². The molecule has 188 valence electrons. The molecule has 2 saturated heterocycles. The Hall–Kier alpha value is -3.32. The number of benzene rings is 3. The molecule has 0 atom stereocenters. The molecule has 0 spiro atoms. The highest BCUT2D eigenvalue weighted by atomic mass is 19.4. The first-order valence-corrected chi connectivity index (χ1v) is 12.5. The van der Waals surface area contributed by atoms with Crippen LogP contribution in [0.25, 0.3) is 11.1 Å². The van der Waals surface area contributed by atoms with E-state index in [0.29, 0.717) is 30.5 Å². The molecule has 5 rings (SSSR count). The predicted molar refractivity (Wildman–Crippen MR) is 137 cm³/mol. The summed E-state index contributed by atoms with van der Waals surface area (Å²) < 4.78 is 41.2.